The zero-order chi connectivity index (χ0) is 46.0. The molecular formula is C63H33BN2O5. The average molecular weight is 909 g/mol. The highest BCUT2D eigenvalue weighted by Crippen LogP contribution is 2.62. The number of hydrogen-bond donors (Lipinski definition) is 0. The highest BCUT2D eigenvalue weighted by atomic mass is 16.5. The summed E-state index contributed by atoms with van der Waals surface area (Å²) in [4.78, 5) is 4.87. The van der Waals surface area contributed by atoms with E-state index >= 15 is 0 Å². The van der Waals surface area contributed by atoms with Crippen molar-refractivity contribution in [2.45, 2.75) is 6.92 Å². The van der Waals surface area contributed by atoms with Gasteiger partial charge in [-0.3, -0.25) is 0 Å². The smallest absolute Gasteiger partial charge is 0.262 e. The minimum absolute atomic E-state index is 0.192. The first-order chi connectivity index (χ1) is 35.1. The molecule has 5 aliphatic rings. The SMILES string of the molecule is Cc1cc2c3c(c1)N1c4ccccc4Oc4c(-c5ccc6oc7cc8ccccc8cc7c6c5)cc5c(c41)B3c1c(cc(-c3ccc4oc6cc7ccccc7cc6c4c3)c3c1N2c1ccccc1O3)O5. The Labute approximate surface area is 404 Å². The molecule has 71 heavy (non-hydrogen) atoms. The Morgan fingerprint density at radius 2 is 0.789 bits per heavy atom. The van der Waals surface area contributed by atoms with E-state index in [1.165, 1.54) is 16.2 Å². The van der Waals surface area contributed by atoms with Gasteiger partial charge >= 0.3 is 0 Å². The van der Waals surface area contributed by atoms with E-state index in [4.69, 9.17) is 23.0 Å². The van der Waals surface area contributed by atoms with Gasteiger partial charge in [-0.25, -0.2) is 0 Å². The molecule has 5 aliphatic heterocycles. The maximum atomic E-state index is 7.50. The van der Waals surface area contributed by atoms with Crippen LogP contribution in [0.25, 0.3) is 87.7 Å². The summed E-state index contributed by atoms with van der Waals surface area (Å²) < 4.78 is 35.0. The lowest BCUT2D eigenvalue weighted by molar-refractivity contribution is 0.464. The topological polar surface area (TPSA) is 60.5 Å². The first kappa shape index (κ1) is 36.6. The van der Waals surface area contributed by atoms with Crippen LogP contribution in [0.5, 0.6) is 34.5 Å². The predicted molar refractivity (Wildman–Crippen MR) is 286 cm³/mol. The Balaban J connectivity index is 0.924. The fourth-order valence-corrected chi connectivity index (χ4v) is 12.7. The van der Waals surface area contributed by atoms with Crippen molar-refractivity contribution in [3.63, 3.8) is 0 Å². The van der Waals surface area contributed by atoms with E-state index in [1.807, 2.05) is 0 Å². The Morgan fingerprint density at radius 1 is 0.352 bits per heavy atom. The van der Waals surface area contributed by atoms with Crippen LogP contribution in [-0.2, 0) is 0 Å². The lowest BCUT2D eigenvalue weighted by Gasteiger charge is -2.49. The number of ether oxygens (including phenoxy) is 3. The molecule has 7 heterocycles. The molecule has 11 aromatic carbocycles. The number of benzene rings is 11. The minimum atomic E-state index is -0.192. The molecule has 0 amide bonds. The van der Waals surface area contributed by atoms with Crippen molar-refractivity contribution in [2.24, 2.45) is 0 Å². The molecule has 0 N–H and O–H groups in total. The minimum Gasteiger partial charge on any atom is -0.458 e. The van der Waals surface area contributed by atoms with Gasteiger partial charge in [-0.1, -0.05) is 84.9 Å². The Hall–Kier alpha value is -9.40. The van der Waals surface area contributed by atoms with E-state index in [-0.39, 0.29) is 6.71 Å². The zero-order valence-corrected chi connectivity index (χ0v) is 37.8. The summed E-state index contributed by atoms with van der Waals surface area (Å²) in [7, 11) is 0. The number of furan rings is 2. The molecule has 0 saturated heterocycles. The standard InChI is InChI=1S/C63H33BN2O5/c1-32-22-47-57-48(23-32)66-46-15-7-9-17-52(46)71-63-40(38-19-21-50-42(27-38)44-25-34-11-3-5-13-36(34)29-54(44)68-50)31-56-59(61(63)66)64(57)58-55(69-56)30-39(62-60(58)65(47)45-14-6-8-16-51(45)70-62)37-18-20-49-41(26-37)43-24-33-10-2-4-12-35(33)28-53(43)67-49/h2-31H,1H3. The molecule has 328 valence electrons. The number of nitrogens with zero attached hydrogens (tertiary/aromatic N) is 2. The quantitative estimate of drug-likeness (QED) is 0.160. The van der Waals surface area contributed by atoms with Gasteiger partial charge in [-0.05, 0) is 148 Å². The number of hydrogen-bond acceptors (Lipinski definition) is 7. The van der Waals surface area contributed by atoms with Crippen LogP contribution in [0.3, 0.4) is 0 Å². The summed E-state index contributed by atoms with van der Waals surface area (Å²) in [5, 5.41) is 8.89. The third-order valence-corrected chi connectivity index (χ3v) is 15.7. The van der Waals surface area contributed by atoms with Crippen LogP contribution in [0.15, 0.2) is 191 Å². The lowest BCUT2D eigenvalue weighted by atomic mass is 9.32. The molecular weight excluding hydrogens is 876 g/mol. The van der Waals surface area contributed by atoms with Crippen molar-refractivity contribution in [1.29, 1.82) is 0 Å². The molecule has 0 radical (unpaired) electrons. The van der Waals surface area contributed by atoms with E-state index in [1.54, 1.807) is 0 Å². The van der Waals surface area contributed by atoms with Crippen molar-refractivity contribution in [1.82, 2.24) is 0 Å². The second-order valence-corrected chi connectivity index (χ2v) is 19.6. The fraction of sp³-hybridized carbons (Fsp3) is 0.0159. The molecule has 0 bridgehead atoms. The lowest BCUT2D eigenvalue weighted by Crippen LogP contribution is -2.63. The van der Waals surface area contributed by atoms with Crippen LogP contribution in [0, 0.1) is 6.92 Å². The van der Waals surface area contributed by atoms with Gasteiger partial charge in [0.15, 0.2) is 23.0 Å². The molecule has 0 spiro atoms. The Morgan fingerprint density at radius 3 is 1.28 bits per heavy atom. The number of anilines is 6. The van der Waals surface area contributed by atoms with Crippen molar-refractivity contribution < 1.29 is 23.0 Å². The molecule has 7 nitrogen and oxygen atoms in total. The van der Waals surface area contributed by atoms with E-state index < -0.39 is 0 Å². The van der Waals surface area contributed by atoms with Gasteiger partial charge in [-0.15, -0.1) is 0 Å². The first-order valence-corrected chi connectivity index (χ1v) is 24.2. The van der Waals surface area contributed by atoms with Gasteiger partial charge < -0.3 is 32.8 Å². The third-order valence-electron chi connectivity index (χ3n) is 15.7. The summed E-state index contributed by atoms with van der Waals surface area (Å²) in [5.41, 5.74) is 18.0. The van der Waals surface area contributed by atoms with Crippen LogP contribution in [0.1, 0.15) is 5.56 Å². The molecule has 0 unspecified atom stereocenters. The van der Waals surface area contributed by atoms with Crippen LogP contribution in [0.4, 0.5) is 34.1 Å². The van der Waals surface area contributed by atoms with E-state index in [2.05, 4.69) is 199 Å². The molecule has 0 fully saturated rings. The molecule has 13 aromatic rings. The van der Waals surface area contributed by atoms with Crippen LogP contribution >= 0.6 is 0 Å². The van der Waals surface area contributed by atoms with Crippen molar-refractivity contribution in [3.05, 3.63) is 188 Å². The second kappa shape index (κ2) is 12.6. The van der Waals surface area contributed by atoms with E-state index in [0.717, 1.165) is 162 Å². The van der Waals surface area contributed by atoms with Gasteiger partial charge in [0.25, 0.3) is 6.71 Å². The maximum Gasteiger partial charge on any atom is 0.262 e. The summed E-state index contributed by atoms with van der Waals surface area (Å²) in [6.07, 6.45) is 0. The van der Waals surface area contributed by atoms with Crippen LogP contribution in [-0.4, -0.2) is 6.71 Å². The number of aryl methyl sites for hydroxylation is 1. The first-order valence-electron chi connectivity index (χ1n) is 24.2. The summed E-state index contributed by atoms with van der Waals surface area (Å²) >= 11 is 0. The van der Waals surface area contributed by atoms with Gasteiger partial charge in [0.05, 0.1) is 22.7 Å². The molecule has 18 rings (SSSR count). The molecule has 0 saturated carbocycles. The van der Waals surface area contributed by atoms with Gasteiger partial charge in [0.2, 0.25) is 0 Å². The maximum absolute atomic E-state index is 7.50. The predicted octanol–water partition coefficient (Wildman–Crippen LogP) is 15.8. The monoisotopic (exact) mass is 908 g/mol. The molecule has 8 heteroatoms. The summed E-state index contributed by atoms with van der Waals surface area (Å²) in [5.74, 6) is 4.77. The zero-order valence-electron chi connectivity index (χ0n) is 37.8. The van der Waals surface area contributed by atoms with Crippen molar-refractivity contribution >= 4 is 123 Å². The number of rotatable bonds is 2. The van der Waals surface area contributed by atoms with E-state index in [9.17, 15) is 0 Å². The van der Waals surface area contributed by atoms with Gasteiger partial charge in [0, 0.05) is 55.0 Å². The Bertz CT molecular complexity index is 4390. The molecule has 0 aliphatic carbocycles. The largest absolute Gasteiger partial charge is 0.458 e. The number of fused-ring (bicyclic) bond motifs is 14. The highest BCUT2D eigenvalue weighted by molar-refractivity contribution is 7.02. The van der Waals surface area contributed by atoms with Crippen LogP contribution in [0.2, 0.25) is 0 Å². The van der Waals surface area contributed by atoms with E-state index in [0.29, 0.717) is 0 Å². The highest BCUT2D eigenvalue weighted by Gasteiger charge is 2.53. The molecule has 0 atom stereocenters. The summed E-state index contributed by atoms with van der Waals surface area (Å²) in [6.45, 7) is 2.01. The normalized spacial score (nSPS) is 14.0. The van der Waals surface area contributed by atoms with Crippen molar-refractivity contribution in [3.8, 4) is 56.8 Å². The van der Waals surface area contributed by atoms with Crippen LogP contribution < -0.4 is 40.4 Å². The van der Waals surface area contributed by atoms with Gasteiger partial charge in [-0.2, -0.15) is 0 Å². The average Bonchev–Trinajstić information content (AvgIpc) is 3.95. The number of para-hydroxylation sites is 4. The second-order valence-electron chi connectivity index (χ2n) is 19.6. The Kier molecular flexibility index (Phi) is 6.51. The summed E-state index contributed by atoms with van der Waals surface area (Å²) in [6, 6.07) is 64.6. The van der Waals surface area contributed by atoms with Gasteiger partial charge in [0.1, 0.15) is 33.8 Å². The van der Waals surface area contributed by atoms with Crippen molar-refractivity contribution in [2.75, 3.05) is 9.80 Å². The molecule has 2 aromatic heterocycles. The third kappa shape index (κ3) is 4.61. The fourth-order valence-electron chi connectivity index (χ4n) is 12.7.